The summed E-state index contributed by atoms with van der Waals surface area (Å²) in [4.78, 5) is 11.8. The fourth-order valence-corrected chi connectivity index (χ4v) is 3.76. The summed E-state index contributed by atoms with van der Waals surface area (Å²) in [6.45, 7) is 4.20. The van der Waals surface area contributed by atoms with E-state index in [1.54, 1.807) is 18.2 Å². The molecule has 0 radical (unpaired) electrons. The van der Waals surface area contributed by atoms with Crippen molar-refractivity contribution in [1.82, 2.24) is 0 Å². The van der Waals surface area contributed by atoms with Gasteiger partial charge in [-0.2, -0.15) is 0 Å². The largest absolute Gasteiger partial charge is 0.505 e. The van der Waals surface area contributed by atoms with Gasteiger partial charge in [0.2, 0.25) is 5.91 Å². The Hall–Kier alpha value is -2.93. The number of benzene rings is 3. The molecular weight excluding hydrogens is 443 g/mol. The van der Waals surface area contributed by atoms with Crippen molar-refractivity contribution in [2.75, 3.05) is 6.54 Å². The van der Waals surface area contributed by atoms with E-state index >= 15 is 0 Å². The molecule has 0 aromatic heterocycles. The Morgan fingerprint density at radius 2 is 1.76 bits per heavy atom. The van der Waals surface area contributed by atoms with Crippen LogP contribution in [-0.2, 0) is 0 Å². The minimum absolute atomic E-state index is 0.0617. The van der Waals surface area contributed by atoms with E-state index in [2.05, 4.69) is 6.92 Å². The van der Waals surface area contributed by atoms with Gasteiger partial charge in [-0.3, -0.25) is 4.79 Å². The number of aliphatic hydroxyl groups excluding tert-OH is 1. The van der Waals surface area contributed by atoms with Crippen LogP contribution in [0.5, 0.6) is 5.75 Å². The molecule has 0 spiro atoms. The molecule has 3 rings (SSSR count). The molecule has 6 N–H and O–H groups in total. The molecule has 3 aromatic carbocycles. The number of nitrogens with two attached hydrogens (primary N) is 2. The predicted molar refractivity (Wildman–Crippen MR) is 131 cm³/mol. The number of aliphatic hydroxyl groups is 1. The Balaban J connectivity index is 0.000000569. The molecule has 0 aliphatic heterocycles. The molecule has 5 nitrogen and oxygen atoms in total. The van der Waals surface area contributed by atoms with Crippen LogP contribution in [0.4, 0.5) is 4.39 Å². The molecule has 0 heterocycles. The molecule has 176 valence electrons. The number of hydrogen-bond donors (Lipinski definition) is 4. The minimum Gasteiger partial charge on any atom is -0.505 e. The number of primary amides is 1. The maximum atomic E-state index is 14.7. The average Bonchev–Trinajstić information content (AvgIpc) is 2.78. The maximum Gasteiger partial charge on any atom is 0.249 e. The van der Waals surface area contributed by atoms with Gasteiger partial charge >= 0.3 is 0 Å². The van der Waals surface area contributed by atoms with Crippen LogP contribution >= 0.6 is 11.6 Å². The third-order valence-electron chi connectivity index (χ3n) is 5.19. The minimum atomic E-state index is -0.950. The number of halogens is 2. The van der Waals surface area contributed by atoms with Gasteiger partial charge in [0.15, 0.2) is 11.6 Å². The third kappa shape index (κ3) is 6.78. The Morgan fingerprint density at radius 3 is 2.27 bits per heavy atom. The number of aromatic hydroxyl groups is 1. The lowest BCUT2D eigenvalue weighted by Gasteiger charge is -2.19. The lowest BCUT2D eigenvalue weighted by atomic mass is 9.88. The second-order valence-electron chi connectivity index (χ2n) is 7.76. The first kappa shape index (κ1) is 26.3. The van der Waals surface area contributed by atoms with Gasteiger partial charge in [-0.1, -0.05) is 61.3 Å². The normalized spacial score (nSPS) is 12.4. The fraction of sp³-hybridized carbons (Fsp3) is 0.269. The zero-order chi connectivity index (χ0) is 24.5. The quantitative estimate of drug-likeness (QED) is 0.378. The van der Waals surface area contributed by atoms with Crippen molar-refractivity contribution in [1.29, 1.82) is 0 Å². The van der Waals surface area contributed by atoms with Crippen molar-refractivity contribution in [3.8, 4) is 16.9 Å². The van der Waals surface area contributed by atoms with Gasteiger partial charge in [0, 0.05) is 28.6 Å². The van der Waals surface area contributed by atoms with Crippen molar-refractivity contribution < 1.29 is 19.4 Å². The highest BCUT2D eigenvalue weighted by Crippen LogP contribution is 2.38. The fourth-order valence-electron chi connectivity index (χ4n) is 3.55. The van der Waals surface area contributed by atoms with E-state index in [1.165, 1.54) is 6.07 Å². The summed E-state index contributed by atoms with van der Waals surface area (Å²) in [5, 5.41) is 18.6. The van der Waals surface area contributed by atoms with E-state index in [4.69, 9.17) is 28.2 Å². The molecule has 2 atom stereocenters. The first-order valence-electron chi connectivity index (χ1n) is 10.7. The van der Waals surface area contributed by atoms with Gasteiger partial charge in [0.25, 0.3) is 0 Å². The van der Waals surface area contributed by atoms with E-state index in [0.717, 1.165) is 30.0 Å². The number of hydrogen-bond acceptors (Lipinski definition) is 4. The molecule has 0 saturated heterocycles. The first-order chi connectivity index (χ1) is 15.7. The number of carbonyl (C=O) groups excluding carboxylic acids is 1. The Bertz CT molecular complexity index is 1070. The van der Waals surface area contributed by atoms with E-state index < -0.39 is 17.5 Å². The Kier molecular flexibility index (Phi) is 9.85. The van der Waals surface area contributed by atoms with Crippen LogP contribution in [0.25, 0.3) is 11.1 Å². The van der Waals surface area contributed by atoms with E-state index in [1.807, 2.05) is 37.3 Å². The van der Waals surface area contributed by atoms with Crippen molar-refractivity contribution in [2.45, 2.75) is 38.7 Å². The molecule has 3 aromatic rings. The standard InChI is InChI=1S/C21H18ClFN2O2.C5H12O/c22-17-8-6-13(16(11-24)12-4-2-1-3-5-12)10-15(17)19-14(21(25)27)7-9-18(26)20(19)23;1-3-4-5(2)6/h1-10,16,26H,11,24H2,(H2,25,27);5-6H,3-4H2,1-2H3/t;5-/m.1/s1. The second-order valence-corrected chi connectivity index (χ2v) is 8.17. The summed E-state index contributed by atoms with van der Waals surface area (Å²) < 4.78 is 14.7. The molecule has 0 saturated carbocycles. The molecule has 1 amide bonds. The summed E-state index contributed by atoms with van der Waals surface area (Å²) in [5.41, 5.74) is 13.2. The van der Waals surface area contributed by atoms with Gasteiger partial charge in [-0.15, -0.1) is 0 Å². The highest BCUT2D eigenvalue weighted by Gasteiger charge is 2.22. The summed E-state index contributed by atoms with van der Waals surface area (Å²) >= 11 is 6.29. The van der Waals surface area contributed by atoms with Gasteiger partial charge < -0.3 is 21.7 Å². The number of carbonyl (C=O) groups is 1. The Labute approximate surface area is 198 Å². The van der Waals surface area contributed by atoms with Crippen molar-refractivity contribution in [2.24, 2.45) is 11.5 Å². The maximum absolute atomic E-state index is 14.7. The number of phenols is 1. The highest BCUT2D eigenvalue weighted by molar-refractivity contribution is 6.33. The molecule has 7 heteroatoms. The SMILES string of the molecule is CCC[C@@H](C)O.NCC(c1ccccc1)c1ccc(Cl)c(-c2c(C(N)=O)ccc(O)c2F)c1. The lowest BCUT2D eigenvalue weighted by Crippen LogP contribution is -2.15. The van der Waals surface area contributed by atoms with Crippen LogP contribution in [-0.4, -0.2) is 28.8 Å². The highest BCUT2D eigenvalue weighted by atomic mass is 35.5. The average molecular weight is 473 g/mol. The zero-order valence-corrected chi connectivity index (χ0v) is 19.5. The Morgan fingerprint density at radius 1 is 1.09 bits per heavy atom. The van der Waals surface area contributed by atoms with Crippen molar-refractivity contribution >= 4 is 17.5 Å². The number of amides is 1. The third-order valence-corrected chi connectivity index (χ3v) is 5.52. The molecule has 0 aliphatic carbocycles. The van der Waals surface area contributed by atoms with Crippen LogP contribution in [0.15, 0.2) is 60.7 Å². The smallest absolute Gasteiger partial charge is 0.249 e. The molecule has 0 aliphatic rings. The van der Waals surface area contributed by atoms with Crippen LogP contribution < -0.4 is 11.5 Å². The van der Waals surface area contributed by atoms with E-state index in [0.29, 0.717) is 6.54 Å². The molecule has 1 unspecified atom stereocenters. The van der Waals surface area contributed by atoms with E-state index in [9.17, 15) is 14.3 Å². The van der Waals surface area contributed by atoms with Crippen LogP contribution in [0.2, 0.25) is 5.02 Å². The van der Waals surface area contributed by atoms with E-state index in [-0.39, 0.29) is 33.7 Å². The van der Waals surface area contributed by atoms with Crippen LogP contribution in [0.3, 0.4) is 0 Å². The molecule has 0 bridgehead atoms. The summed E-state index contributed by atoms with van der Waals surface area (Å²) in [6, 6.07) is 17.1. The van der Waals surface area contributed by atoms with Crippen LogP contribution in [0.1, 0.15) is 54.1 Å². The predicted octanol–water partition coefficient (Wildman–Crippen LogP) is 5.21. The molecular formula is C26H30ClFN2O3. The molecule has 33 heavy (non-hydrogen) atoms. The van der Waals surface area contributed by atoms with Gasteiger partial charge in [-0.05, 0) is 48.7 Å². The van der Waals surface area contributed by atoms with Gasteiger partial charge in [0.1, 0.15) is 0 Å². The second kappa shape index (κ2) is 12.3. The van der Waals surface area contributed by atoms with Crippen molar-refractivity contribution in [3.05, 3.63) is 88.2 Å². The summed E-state index contributed by atoms with van der Waals surface area (Å²) in [5.74, 6) is -2.49. The molecule has 0 fully saturated rings. The van der Waals surface area contributed by atoms with Gasteiger partial charge in [0.05, 0.1) is 11.7 Å². The monoisotopic (exact) mass is 472 g/mol. The number of phenolic OH excluding ortho intramolecular Hbond substituents is 1. The topological polar surface area (TPSA) is 110 Å². The van der Waals surface area contributed by atoms with Gasteiger partial charge in [-0.25, -0.2) is 4.39 Å². The number of rotatable bonds is 7. The summed E-state index contributed by atoms with van der Waals surface area (Å²) in [7, 11) is 0. The zero-order valence-electron chi connectivity index (χ0n) is 18.8. The van der Waals surface area contributed by atoms with Crippen LogP contribution in [0, 0.1) is 5.82 Å². The van der Waals surface area contributed by atoms with Crippen molar-refractivity contribution in [3.63, 3.8) is 0 Å². The lowest BCUT2D eigenvalue weighted by molar-refractivity contribution is 0.100. The summed E-state index contributed by atoms with van der Waals surface area (Å²) in [6.07, 6.45) is 1.91. The first-order valence-corrected chi connectivity index (χ1v) is 11.1.